The Morgan fingerprint density at radius 3 is 2.48 bits per heavy atom. The third-order valence-electron chi connectivity index (χ3n) is 4.14. The van der Waals surface area contributed by atoms with Crippen molar-refractivity contribution < 1.29 is 32.2 Å². The lowest BCUT2D eigenvalue weighted by Gasteiger charge is -2.26. The van der Waals surface area contributed by atoms with Gasteiger partial charge >= 0.3 is 5.97 Å². The highest BCUT2D eigenvalue weighted by molar-refractivity contribution is 7.91. The standard InChI is InChI=1S/C20H21NO7S/c22-19(21-12-15-13-26-17-8-4-5-9-18(17)28-15)14-27-20(23)10-11-29(24,25)16-6-2-1-3-7-16/h1-9,15H,10-14H2,(H,21,22)/t15-/m0/s1. The number of ether oxygens (including phenoxy) is 3. The van der Waals surface area contributed by atoms with Crippen molar-refractivity contribution in [1.82, 2.24) is 5.32 Å². The third-order valence-corrected chi connectivity index (χ3v) is 5.87. The minimum atomic E-state index is -3.57. The Labute approximate surface area is 168 Å². The van der Waals surface area contributed by atoms with E-state index < -0.39 is 28.3 Å². The van der Waals surface area contributed by atoms with Crippen molar-refractivity contribution in [1.29, 1.82) is 0 Å². The fourth-order valence-corrected chi connectivity index (χ4v) is 3.87. The normalized spacial score (nSPS) is 15.4. The Kier molecular flexibility index (Phi) is 6.71. The molecule has 0 bridgehead atoms. The Balaban J connectivity index is 1.36. The number of esters is 1. The van der Waals surface area contributed by atoms with Gasteiger partial charge in [-0.05, 0) is 24.3 Å². The van der Waals surface area contributed by atoms with E-state index in [1.807, 2.05) is 12.1 Å². The van der Waals surface area contributed by atoms with Crippen LogP contribution in [0.25, 0.3) is 0 Å². The van der Waals surface area contributed by atoms with Gasteiger partial charge in [-0.2, -0.15) is 0 Å². The first-order chi connectivity index (χ1) is 13.9. The zero-order chi connectivity index (χ0) is 20.7. The molecule has 0 spiro atoms. The number of amides is 1. The second-order valence-corrected chi connectivity index (χ2v) is 8.45. The second-order valence-electron chi connectivity index (χ2n) is 6.34. The van der Waals surface area contributed by atoms with Crippen molar-refractivity contribution in [2.24, 2.45) is 0 Å². The monoisotopic (exact) mass is 419 g/mol. The summed E-state index contributed by atoms with van der Waals surface area (Å²) in [6.45, 7) is -0.0179. The fraction of sp³-hybridized carbons (Fsp3) is 0.300. The lowest BCUT2D eigenvalue weighted by atomic mass is 10.2. The van der Waals surface area contributed by atoms with E-state index in [1.165, 1.54) is 12.1 Å². The molecule has 0 unspecified atom stereocenters. The predicted molar refractivity (Wildman–Crippen MR) is 103 cm³/mol. The Morgan fingerprint density at radius 2 is 1.72 bits per heavy atom. The van der Waals surface area contributed by atoms with Crippen LogP contribution < -0.4 is 14.8 Å². The first-order valence-corrected chi connectivity index (χ1v) is 10.7. The summed E-state index contributed by atoms with van der Waals surface area (Å²) in [5.74, 6) is -0.402. The van der Waals surface area contributed by atoms with Crippen LogP contribution in [0.2, 0.25) is 0 Å². The van der Waals surface area contributed by atoms with Crippen LogP contribution in [0.4, 0.5) is 0 Å². The van der Waals surface area contributed by atoms with Crippen LogP contribution in [-0.2, 0) is 24.2 Å². The summed E-state index contributed by atoms with van der Waals surface area (Å²) in [5, 5.41) is 2.60. The van der Waals surface area contributed by atoms with Gasteiger partial charge in [0.05, 0.1) is 23.6 Å². The molecule has 0 aliphatic carbocycles. The van der Waals surface area contributed by atoms with E-state index in [4.69, 9.17) is 14.2 Å². The molecule has 1 heterocycles. The zero-order valence-corrected chi connectivity index (χ0v) is 16.4. The zero-order valence-electron chi connectivity index (χ0n) is 15.6. The molecule has 3 rings (SSSR count). The average Bonchev–Trinajstić information content (AvgIpc) is 2.75. The quantitative estimate of drug-likeness (QED) is 0.644. The Hall–Kier alpha value is -3.07. The molecule has 0 saturated carbocycles. The first kappa shape index (κ1) is 20.7. The van der Waals surface area contributed by atoms with Gasteiger partial charge < -0.3 is 19.5 Å². The Bertz CT molecular complexity index is 960. The molecule has 1 atom stereocenters. The average molecular weight is 419 g/mol. The summed E-state index contributed by atoms with van der Waals surface area (Å²) in [5.41, 5.74) is 0. The molecule has 1 amide bonds. The van der Waals surface area contributed by atoms with Gasteiger partial charge in [0.15, 0.2) is 27.9 Å². The molecule has 0 fully saturated rings. The van der Waals surface area contributed by atoms with Crippen LogP contribution >= 0.6 is 0 Å². The molecule has 29 heavy (non-hydrogen) atoms. The predicted octanol–water partition coefficient (Wildman–Crippen LogP) is 1.35. The van der Waals surface area contributed by atoms with Gasteiger partial charge in [0, 0.05) is 0 Å². The number of fused-ring (bicyclic) bond motifs is 1. The number of carbonyl (C=O) groups excluding carboxylic acids is 2. The number of para-hydroxylation sites is 2. The molecule has 1 aliphatic rings. The molecule has 154 valence electrons. The van der Waals surface area contributed by atoms with E-state index in [1.54, 1.807) is 30.3 Å². The number of rotatable bonds is 8. The van der Waals surface area contributed by atoms with E-state index in [0.29, 0.717) is 11.5 Å². The summed E-state index contributed by atoms with van der Waals surface area (Å²) >= 11 is 0. The van der Waals surface area contributed by atoms with E-state index in [-0.39, 0.29) is 36.3 Å². The minimum Gasteiger partial charge on any atom is -0.486 e. The molecule has 9 heteroatoms. The summed E-state index contributed by atoms with van der Waals surface area (Å²) in [6, 6.07) is 15.1. The molecule has 2 aromatic rings. The van der Waals surface area contributed by atoms with Crippen LogP contribution in [0.15, 0.2) is 59.5 Å². The molecule has 8 nitrogen and oxygen atoms in total. The van der Waals surface area contributed by atoms with Gasteiger partial charge in [-0.25, -0.2) is 8.42 Å². The maximum Gasteiger partial charge on any atom is 0.307 e. The first-order valence-electron chi connectivity index (χ1n) is 9.02. The van der Waals surface area contributed by atoms with Gasteiger partial charge in [0.1, 0.15) is 12.7 Å². The highest BCUT2D eigenvalue weighted by atomic mass is 32.2. The molecule has 2 aromatic carbocycles. The van der Waals surface area contributed by atoms with Gasteiger partial charge in [-0.15, -0.1) is 0 Å². The molecule has 0 radical (unpaired) electrons. The van der Waals surface area contributed by atoms with Crippen LogP contribution in [0.1, 0.15) is 6.42 Å². The lowest BCUT2D eigenvalue weighted by Crippen LogP contribution is -2.42. The number of sulfone groups is 1. The second kappa shape index (κ2) is 9.42. The third kappa shape index (κ3) is 5.95. The van der Waals surface area contributed by atoms with Crippen LogP contribution in [0, 0.1) is 0 Å². The molecule has 1 aliphatic heterocycles. The van der Waals surface area contributed by atoms with Crippen molar-refractivity contribution >= 4 is 21.7 Å². The van der Waals surface area contributed by atoms with Crippen molar-refractivity contribution in [3.8, 4) is 11.5 Å². The molecule has 1 N–H and O–H groups in total. The maximum atomic E-state index is 12.1. The van der Waals surface area contributed by atoms with E-state index in [9.17, 15) is 18.0 Å². The SMILES string of the molecule is O=C(COC(=O)CCS(=O)(=O)c1ccccc1)NC[C@H]1COc2ccccc2O1. The molecule has 0 aromatic heterocycles. The maximum absolute atomic E-state index is 12.1. The molecular formula is C20H21NO7S. The highest BCUT2D eigenvalue weighted by Gasteiger charge is 2.21. The number of hydrogen-bond donors (Lipinski definition) is 1. The summed E-state index contributed by atoms with van der Waals surface area (Å²) in [6.07, 6.45) is -0.693. The van der Waals surface area contributed by atoms with Crippen molar-refractivity contribution in [2.75, 3.05) is 25.5 Å². The molecule has 0 saturated heterocycles. The lowest BCUT2D eigenvalue weighted by molar-refractivity contribution is -0.148. The minimum absolute atomic E-state index is 0.141. The topological polar surface area (TPSA) is 108 Å². The highest BCUT2D eigenvalue weighted by Crippen LogP contribution is 2.30. The van der Waals surface area contributed by atoms with Gasteiger partial charge in [0.25, 0.3) is 5.91 Å². The summed E-state index contributed by atoms with van der Waals surface area (Å²) in [7, 11) is -3.57. The van der Waals surface area contributed by atoms with Crippen LogP contribution in [0.5, 0.6) is 11.5 Å². The summed E-state index contributed by atoms with van der Waals surface area (Å²) < 4.78 is 40.4. The molecular weight excluding hydrogens is 398 g/mol. The smallest absolute Gasteiger partial charge is 0.307 e. The van der Waals surface area contributed by atoms with E-state index in [2.05, 4.69) is 5.32 Å². The van der Waals surface area contributed by atoms with Crippen molar-refractivity contribution in [3.63, 3.8) is 0 Å². The Morgan fingerprint density at radius 1 is 1.03 bits per heavy atom. The van der Waals surface area contributed by atoms with E-state index in [0.717, 1.165) is 0 Å². The van der Waals surface area contributed by atoms with Crippen molar-refractivity contribution in [3.05, 3.63) is 54.6 Å². The largest absolute Gasteiger partial charge is 0.486 e. The van der Waals surface area contributed by atoms with Crippen molar-refractivity contribution in [2.45, 2.75) is 17.4 Å². The number of carbonyl (C=O) groups is 2. The van der Waals surface area contributed by atoms with Gasteiger partial charge in [-0.3, -0.25) is 9.59 Å². The van der Waals surface area contributed by atoms with E-state index >= 15 is 0 Å². The summed E-state index contributed by atoms with van der Waals surface area (Å²) in [4.78, 5) is 23.8. The number of benzene rings is 2. The van der Waals surface area contributed by atoms with Crippen LogP contribution in [0.3, 0.4) is 0 Å². The number of hydrogen-bond acceptors (Lipinski definition) is 7. The van der Waals surface area contributed by atoms with Gasteiger partial charge in [-0.1, -0.05) is 30.3 Å². The van der Waals surface area contributed by atoms with Crippen LogP contribution in [-0.4, -0.2) is 51.9 Å². The van der Waals surface area contributed by atoms with Gasteiger partial charge in [0.2, 0.25) is 0 Å². The number of nitrogens with one attached hydrogen (secondary N) is 1. The fourth-order valence-electron chi connectivity index (χ4n) is 2.62.